The van der Waals surface area contributed by atoms with Crippen LogP contribution in [0.2, 0.25) is 0 Å². The van der Waals surface area contributed by atoms with Gasteiger partial charge in [0.05, 0.1) is 5.71 Å². The van der Waals surface area contributed by atoms with E-state index in [2.05, 4.69) is 46.7 Å². The van der Waals surface area contributed by atoms with Crippen LogP contribution in [0, 0.1) is 11.2 Å². The smallest absolute Gasteiger partial charge is 0.125 e. The van der Waals surface area contributed by atoms with E-state index >= 15 is 0 Å². The number of benzene rings is 4. The predicted octanol–water partition coefficient (Wildman–Crippen LogP) is 6.62. The molecule has 4 aromatic carbocycles. The molecule has 0 amide bonds. The molecular weight excluding hydrogens is 447 g/mol. The third kappa shape index (κ3) is 4.34. The van der Waals surface area contributed by atoms with E-state index in [4.69, 9.17) is 11.1 Å². The summed E-state index contributed by atoms with van der Waals surface area (Å²) in [6, 6.07) is 38.2. The number of hydrogen-bond donors (Lipinski definition) is 3. The fraction of sp³-hybridized carbons (Fsp3) is 0.0323. The largest absolute Gasteiger partial charge is 0.384 e. The molecule has 5 rings (SSSR count). The van der Waals surface area contributed by atoms with Crippen molar-refractivity contribution in [2.24, 2.45) is 0 Å². The third-order valence-electron chi connectivity index (χ3n) is 6.27. The van der Waals surface area contributed by atoms with Gasteiger partial charge in [-0.05, 0) is 41.0 Å². The molecule has 0 aliphatic heterocycles. The van der Waals surface area contributed by atoms with Gasteiger partial charge in [-0.15, -0.1) is 0 Å². The van der Waals surface area contributed by atoms with Crippen molar-refractivity contribution in [2.45, 2.75) is 5.54 Å². The monoisotopic (exact) mass is 472 g/mol. The Kier molecular flexibility index (Phi) is 6.29. The van der Waals surface area contributed by atoms with Crippen molar-refractivity contribution in [3.8, 4) is 0 Å². The van der Waals surface area contributed by atoms with E-state index < -0.39 is 5.54 Å². The van der Waals surface area contributed by atoms with Crippen molar-refractivity contribution in [1.29, 1.82) is 5.41 Å². The summed E-state index contributed by atoms with van der Waals surface area (Å²) in [4.78, 5) is 4.28. The quantitative estimate of drug-likeness (QED) is 0.184. The minimum atomic E-state index is -0.796. The fourth-order valence-electron chi connectivity index (χ4n) is 4.53. The van der Waals surface area contributed by atoms with E-state index in [0.29, 0.717) is 22.6 Å². The number of nitrogens with one attached hydrogen (secondary N) is 2. The van der Waals surface area contributed by atoms with Gasteiger partial charge in [-0.1, -0.05) is 91.0 Å². The highest BCUT2D eigenvalue weighted by atomic mass is 19.1. The first-order valence-electron chi connectivity index (χ1n) is 11.6. The van der Waals surface area contributed by atoms with E-state index in [1.54, 1.807) is 24.4 Å². The number of nitrogens with zero attached hydrogens (tertiary/aromatic N) is 1. The molecule has 36 heavy (non-hydrogen) atoms. The summed E-state index contributed by atoms with van der Waals surface area (Å²) >= 11 is 0. The van der Waals surface area contributed by atoms with Crippen molar-refractivity contribution >= 4 is 17.2 Å². The zero-order valence-corrected chi connectivity index (χ0v) is 19.5. The maximum atomic E-state index is 13.6. The molecule has 0 unspecified atom stereocenters. The maximum absolute atomic E-state index is 13.6. The van der Waals surface area contributed by atoms with Gasteiger partial charge in [-0.25, -0.2) is 9.37 Å². The molecule has 0 radical (unpaired) electrons. The Balaban J connectivity index is 1.74. The molecule has 4 N–H and O–H groups in total. The van der Waals surface area contributed by atoms with Crippen molar-refractivity contribution in [3.05, 3.63) is 161 Å². The maximum Gasteiger partial charge on any atom is 0.125 e. The molecule has 0 atom stereocenters. The molecular formula is C31H25FN4. The lowest BCUT2D eigenvalue weighted by molar-refractivity contribution is 0.628. The Bertz CT molecular complexity index is 1370. The Hall–Kier alpha value is -4.77. The van der Waals surface area contributed by atoms with E-state index in [1.807, 2.05) is 54.6 Å². The highest BCUT2D eigenvalue weighted by Crippen LogP contribution is 2.41. The van der Waals surface area contributed by atoms with Gasteiger partial charge in [-0.2, -0.15) is 0 Å². The topological polar surface area (TPSA) is 74.8 Å². The standard InChI is InChI=1S/C31H25FN4/c32-26-18-16-22(17-19-26)30(34)27-21-35-29(33)20-28(27)36-31(23-10-4-1-5-11-23,24-12-6-2-7-13-24)25-14-8-3-9-15-25/h1-21,34H,(H3,33,35,36). The van der Waals surface area contributed by atoms with Gasteiger partial charge in [0.15, 0.2) is 0 Å². The lowest BCUT2D eigenvalue weighted by atomic mass is 9.76. The van der Waals surface area contributed by atoms with Gasteiger partial charge >= 0.3 is 0 Å². The molecule has 5 aromatic rings. The normalized spacial score (nSPS) is 11.1. The minimum absolute atomic E-state index is 0.216. The average molecular weight is 473 g/mol. The van der Waals surface area contributed by atoms with Crippen LogP contribution in [-0.2, 0) is 5.54 Å². The first-order valence-corrected chi connectivity index (χ1v) is 11.6. The first-order chi connectivity index (χ1) is 17.6. The highest BCUT2D eigenvalue weighted by Gasteiger charge is 2.37. The van der Waals surface area contributed by atoms with Gasteiger partial charge in [0.1, 0.15) is 17.2 Å². The van der Waals surface area contributed by atoms with Gasteiger partial charge in [0.25, 0.3) is 0 Å². The Morgan fingerprint density at radius 3 is 1.67 bits per heavy atom. The number of nitrogens with two attached hydrogens (primary N) is 1. The van der Waals surface area contributed by atoms with E-state index in [9.17, 15) is 4.39 Å². The van der Waals surface area contributed by atoms with Crippen LogP contribution in [0.1, 0.15) is 27.8 Å². The number of rotatable bonds is 7. The first kappa shape index (κ1) is 23.0. The highest BCUT2D eigenvalue weighted by molar-refractivity contribution is 6.14. The van der Waals surface area contributed by atoms with Crippen molar-refractivity contribution in [2.75, 3.05) is 11.1 Å². The zero-order chi connectivity index (χ0) is 25.0. The SMILES string of the molecule is N=C(c1ccc(F)cc1)c1cnc(N)cc1NC(c1ccccc1)(c1ccccc1)c1ccccc1. The second kappa shape index (κ2) is 9.84. The summed E-state index contributed by atoms with van der Waals surface area (Å²) in [7, 11) is 0. The third-order valence-corrected chi connectivity index (χ3v) is 6.27. The molecule has 0 saturated heterocycles. The summed E-state index contributed by atoms with van der Waals surface area (Å²) in [6.07, 6.45) is 1.59. The molecule has 176 valence electrons. The number of anilines is 2. The predicted molar refractivity (Wildman–Crippen MR) is 144 cm³/mol. The molecule has 0 aliphatic rings. The van der Waals surface area contributed by atoms with Gasteiger partial charge in [0, 0.05) is 29.1 Å². The summed E-state index contributed by atoms with van der Waals surface area (Å²) in [6.45, 7) is 0. The minimum Gasteiger partial charge on any atom is -0.384 e. The summed E-state index contributed by atoms with van der Waals surface area (Å²) in [5.74, 6) is -0.0205. The molecule has 0 aliphatic carbocycles. The van der Waals surface area contributed by atoms with Crippen molar-refractivity contribution in [3.63, 3.8) is 0 Å². The van der Waals surface area contributed by atoms with Gasteiger partial charge < -0.3 is 11.1 Å². The van der Waals surface area contributed by atoms with Crippen LogP contribution in [0.4, 0.5) is 15.9 Å². The number of halogens is 1. The van der Waals surface area contributed by atoms with Crippen LogP contribution in [0.25, 0.3) is 0 Å². The van der Waals surface area contributed by atoms with Crippen LogP contribution < -0.4 is 11.1 Å². The molecule has 0 bridgehead atoms. The van der Waals surface area contributed by atoms with Crippen LogP contribution in [0.5, 0.6) is 0 Å². The number of aromatic nitrogens is 1. The molecule has 0 saturated carbocycles. The van der Waals surface area contributed by atoms with E-state index in [1.165, 1.54) is 12.1 Å². The molecule has 0 fully saturated rings. The summed E-state index contributed by atoms with van der Waals surface area (Å²) in [5.41, 5.74) is 10.4. The van der Waals surface area contributed by atoms with Crippen molar-refractivity contribution < 1.29 is 4.39 Å². The Morgan fingerprint density at radius 1 is 0.722 bits per heavy atom. The fourth-order valence-corrected chi connectivity index (χ4v) is 4.53. The lowest BCUT2D eigenvalue weighted by Gasteiger charge is -2.38. The molecule has 1 heterocycles. The van der Waals surface area contributed by atoms with Crippen LogP contribution >= 0.6 is 0 Å². The molecule has 5 heteroatoms. The lowest BCUT2D eigenvalue weighted by Crippen LogP contribution is -2.38. The van der Waals surface area contributed by atoms with E-state index in [-0.39, 0.29) is 11.5 Å². The zero-order valence-electron chi connectivity index (χ0n) is 19.5. The van der Waals surface area contributed by atoms with Crippen molar-refractivity contribution in [1.82, 2.24) is 4.98 Å². The summed E-state index contributed by atoms with van der Waals surface area (Å²) < 4.78 is 13.6. The van der Waals surface area contributed by atoms with Gasteiger partial charge in [-0.3, -0.25) is 5.41 Å². The van der Waals surface area contributed by atoms with Crippen LogP contribution in [-0.4, -0.2) is 10.7 Å². The number of pyridine rings is 1. The van der Waals surface area contributed by atoms with Gasteiger partial charge in [0.2, 0.25) is 0 Å². The summed E-state index contributed by atoms with van der Waals surface area (Å²) in [5, 5.41) is 12.7. The Morgan fingerprint density at radius 2 is 1.19 bits per heavy atom. The average Bonchev–Trinajstić information content (AvgIpc) is 2.93. The Labute approximate surface area is 209 Å². The molecule has 1 aromatic heterocycles. The van der Waals surface area contributed by atoms with Crippen LogP contribution in [0.3, 0.4) is 0 Å². The van der Waals surface area contributed by atoms with E-state index in [0.717, 1.165) is 16.7 Å². The number of nitrogen functional groups attached to an aromatic ring is 1. The second-order valence-corrected chi connectivity index (χ2v) is 8.51. The molecule has 0 spiro atoms. The second-order valence-electron chi connectivity index (χ2n) is 8.51. The molecule has 4 nitrogen and oxygen atoms in total. The van der Waals surface area contributed by atoms with Crippen LogP contribution in [0.15, 0.2) is 128 Å². The number of hydrogen-bond acceptors (Lipinski definition) is 4.